The predicted molar refractivity (Wildman–Crippen MR) is 84.8 cm³/mol. The van der Waals surface area contributed by atoms with E-state index in [1.54, 1.807) is 6.07 Å². The largest absolute Gasteiger partial charge is 0.416 e. The van der Waals surface area contributed by atoms with Crippen molar-refractivity contribution in [3.8, 4) is 0 Å². The van der Waals surface area contributed by atoms with Crippen LogP contribution in [0.4, 0.5) is 13.2 Å². The molecule has 0 radical (unpaired) electrons. The molecule has 2 saturated carbocycles. The van der Waals surface area contributed by atoms with Gasteiger partial charge in [0.2, 0.25) is 5.91 Å². The van der Waals surface area contributed by atoms with E-state index in [2.05, 4.69) is 11.9 Å². The first-order valence-electron chi connectivity index (χ1n) is 8.07. The molecule has 3 N–H and O–H groups in total. The van der Waals surface area contributed by atoms with E-state index >= 15 is 0 Å². The van der Waals surface area contributed by atoms with Crippen LogP contribution in [-0.4, -0.2) is 11.9 Å². The Hall–Kier alpha value is -1.82. The molecule has 2 fully saturated rings. The number of hydrogen-bond acceptors (Lipinski definition) is 2. The Morgan fingerprint density at radius 1 is 1.29 bits per heavy atom. The highest BCUT2D eigenvalue weighted by molar-refractivity contribution is 5.92. The SMILES string of the molecule is C=C(C(N)=O)C1CC2(CC(NCc3cccc(C(F)(F)F)c3)C2)C1. The summed E-state index contributed by atoms with van der Waals surface area (Å²) in [5, 5.41) is 3.32. The molecule has 3 rings (SSSR count). The molecule has 0 heterocycles. The molecule has 6 heteroatoms. The maximum absolute atomic E-state index is 12.7. The fraction of sp³-hybridized carbons (Fsp3) is 0.500. The molecule has 2 aliphatic carbocycles. The zero-order valence-corrected chi connectivity index (χ0v) is 13.3. The van der Waals surface area contributed by atoms with Crippen LogP contribution in [0.5, 0.6) is 0 Å². The Bertz CT molecular complexity index is 654. The molecule has 1 aromatic carbocycles. The number of alkyl halides is 3. The zero-order chi connectivity index (χ0) is 17.5. The van der Waals surface area contributed by atoms with Gasteiger partial charge in [-0.25, -0.2) is 0 Å². The van der Waals surface area contributed by atoms with Crippen molar-refractivity contribution in [3.05, 3.63) is 47.5 Å². The van der Waals surface area contributed by atoms with Crippen LogP contribution >= 0.6 is 0 Å². The lowest BCUT2D eigenvalue weighted by molar-refractivity contribution is -0.137. The number of carbonyl (C=O) groups is 1. The van der Waals surface area contributed by atoms with Crippen LogP contribution in [0.2, 0.25) is 0 Å². The highest BCUT2D eigenvalue weighted by atomic mass is 19.4. The first-order chi connectivity index (χ1) is 11.2. The molecule has 1 amide bonds. The molecular formula is C18H21F3N2O. The van der Waals surface area contributed by atoms with Crippen LogP contribution in [0, 0.1) is 11.3 Å². The summed E-state index contributed by atoms with van der Waals surface area (Å²) in [5.41, 5.74) is 6.06. The van der Waals surface area contributed by atoms with Gasteiger partial charge in [0, 0.05) is 18.2 Å². The van der Waals surface area contributed by atoms with E-state index < -0.39 is 17.6 Å². The summed E-state index contributed by atoms with van der Waals surface area (Å²) in [4.78, 5) is 11.1. The minimum Gasteiger partial charge on any atom is -0.366 e. The van der Waals surface area contributed by atoms with Gasteiger partial charge in [-0.05, 0) is 48.6 Å². The number of hydrogen-bond donors (Lipinski definition) is 2. The third kappa shape index (κ3) is 3.34. The van der Waals surface area contributed by atoms with Gasteiger partial charge >= 0.3 is 6.18 Å². The van der Waals surface area contributed by atoms with Crippen LogP contribution in [0.1, 0.15) is 36.8 Å². The van der Waals surface area contributed by atoms with Crippen LogP contribution < -0.4 is 11.1 Å². The topological polar surface area (TPSA) is 55.1 Å². The lowest BCUT2D eigenvalue weighted by Crippen LogP contribution is -2.55. The van der Waals surface area contributed by atoms with Gasteiger partial charge < -0.3 is 11.1 Å². The first-order valence-corrected chi connectivity index (χ1v) is 8.07. The number of amides is 1. The van der Waals surface area contributed by atoms with Gasteiger partial charge in [-0.15, -0.1) is 0 Å². The standard InChI is InChI=1S/C18H21F3N2O/c1-11(16(22)24)13-6-17(7-13)8-15(9-17)23-10-12-3-2-4-14(5-12)18(19,20)21/h2-5,13,15,23H,1,6-10H2,(H2,22,24). The van der Waals surface area contributed by atoms with Gasteiger partial charge in [0.05, 0.1) is 5.56 Å². The fourth-order valence-corrected chi connectivity index (χ4v) is 4.02. The van der Waals surface area contributed by atoms with E-state index in [4.69, 9.17) is 5.73 Å². The Morgan fingerprint density at radius 2 is 1.96 bits per heavy atom. The summed E-state index contributed by atoms with van der Waals surface area (Å²) in [5.74, 6) is -0.222. The van der Waals surface area contributed by atoms with Crippen LogP contribution in [-0.2, 0) is 17.5 Å². The third-order valence-corrected chi connectivity index (χ3v) is 5.38. The number of nitrogens with one attached hydrogen (secondary N) is 1. The normalized spacial score (nSPS) is 29.0. The Labute approximate surface area is 139 Å². The molecule has 0 bridgehead atoms. The second kappa shape index (κ2) is 5.92. The number of carbonyl (C=O) groups excluding carboxylic acids is 1. The van der Waals surface area contributed by atoms with Gasteiger partial charge in [-0.2, -0.15) is 13.2 Å². The van der Waals surface area contributed by atoms with E-state index in [-0.39, 0.29) is 11.3 Å². The predicted octanol–water partition coefficient (Wildman–Crippen LogP) is 3.40. The average molecular weight is 338 g/mol. The van der Waals surface area contributed by atoms with Gasteiger partial charge in [-0.1, -0.05) is 24.8 Å². The molecule has 1 spiro atoms. The lowest BCUT2D eigenvalue weighted by Gasteiger charge is -2.58. The van der Waals surface area contributed by atoms with Crippen LogP contribution in [0.3, 0.4) is 0 Å². The molecule has 0 aromatic heterocycles. The summed E-state index contributed by atoms with van der Waals surface area (Å²) in [7, 11) is 0. The highest BCUT2D eigenvalue weighted by Gasteiger charge is 2.53. The molecule has 130 valence electrons. The van der Waals surface area contributed by atoms with Gasteiger partial charge in [0.15, 0.2) is 0 Å². The molecular weight excluding hydrogens is 317 g/mol. The molecule has 0 unspecified atom stereocenters. The minimum absolute atomic E-state index is 0.201. The van der Waals surface area contributed by atoms with Gasteiger partial charge in [0.25, 0.3) is 0 Å². The van der Waals surface area contributed by atoms with Crippen molar-refractivity contribution >= 4 is 5.91 Å². The second-order valence-corrected chi connectivity index (χ2v) is 7.18. The molecule has 3 nitrogen and oxygen atoms in total. The first kappa shape index (κ1) is 17.0. The van der Waals surface area contributed by atoms with Crippen molar-refractivity contribution < 1.29 is 18.0 Å². The number of halogens is 3. The quantitative estimate of drug-likeness (QED) is 0.809. The van der Waals surface area contributed by atoms with Crippen molar-refractivity contribution in [3.63, 3.8) is 0 Å². The Kier molecular flexibility index (Phi) is 4.20. The molecule has 0 saturated heterocycles. The van der Waals surface area contributed by atoms with Crippen LogP contribution in [0.15, 0.2) is 36.4 Å². The summed E-state index contributed by atoms with van der Waals surface area (Å²) >= 11 is 0. The maximum atomic E-state index is 12.7. The minimum atomic E-state index is -4.31. The van der Waals surface area contributed by atoms with Crippen molar-refractivity contribution in [2.24, 2.45) is 17.1 Å². The monoisotopic (exact) mass is 338 g/mol. The smallest absolute Gasteiger partial charge is 0.366 e. The van der Waals surface area contributed by atoms with Gasteiger partial charge in [-0.3, -0.25) is 4.79 Å². The maximum Gasteiger partial charge on any atom is 0.416 e. The lowest BCUT2D eigenvalue weighted by atomic mass is 9.49. The summed E-state index contributed by atoms with van der Waals surface area (Å²) in [6, 6.07) is 5.74. The van der Waals surface area contributed by atoms with Crippen molar-refractivity contribution in [2.75, 3.05) is 0 Å². The second-order valence-electron chi connectivity index (χ2n) is 7.18. The highest BCUT2D eigenvalue weighted by Crippen LogP contribution is 2.60. The van der Waals surface area contributed by atoms with Crippen molar-refractivity contribution in [2.45, 2.75) is 44.4 Å². The van der Waals surface area contributed by atoms with E-state index in [0.717, 1.165) is 31.7 Å². The molecule has 0 aliphatic heterocycles. The fourth-order valence-electron chi connectivity index (χ4n) is 4.02. The molecule has 0 atom stereocenters. The number of rotatable bonds is 5. The van der Waals surface area contributed by atoms with Gasteiger partial charge in [0.1, 0.15) is 0 Å². The number of benzene rings is 1. The summed E-state index contributed by atoms with van der Waals surface area (Å²) in [6.07, 6.45) is -0.434. The zero-order valence-electron chi connectivity index (χ0n) is 13.3. The summed E-state index contributed by atoms with van der Waals surface area (Å²) in [6.45, 7) is 4.17. The van der Waals surface area contributed by atoms with Crippen LogP contribution in [0.25, 0.3) is 0 Å². The van der Waals surface area contributed by atoms with E-state index in [1.165, 1.54) is 12.1 Å². The average Bonchev–Trinajstić information content (AvgIpc) is 2.42. The number of nitrogens with two attached hydrogens (primary N) is 1. The third-order valence-electron chi connectivity index (χ3n) is 5.38. The van der Waals surface area contributed by atoms with Crippen molar-refractivity contribution in [1.82, 2.24) is 5.32 Å². The molecule has 24 heavy (non-hydrogen) atoms. The van der Waals surface area contributed by atoms with E-state index in [9.17, 15) is 18.0 Å². The Morgan fingerprint density at radius 3 is 2.54 bits per heavy atom. The van der Waals surface area contributed by atoms with Crippen molar-refractivity contribution in [1.29, 1.82) is 0 Å². The van der Waals surface area contributed by atoms with E-state index in [0.29, 0.717) is 23.7 Å². The molecule has 2 aliphatic rings. The van der Waals surface area contributed by atoms with E-state index in [1.807, 2.05) is 0 Å². The number of primary amides is 1. The Balaban J connectivity index is 1.45. The summed E-state index contributed by atoms with van der Waals surface area (Å²) < 4.78 is 38.1. The molecule has 1 aromatic rings.